The van der Waals surface area contributed by atoms with Gasteiger partial charge in [-0.1, -0.05) is 36.4 Å². The molecule has 4 rings (SSSR count). The van der Waals surface area contributed by atoms with Gasteiger partial charge in [-0.05, 0) is 64.4 Å². The fraction of sp³-hybridized carbons (Fsp3) is 0.0417. The molecule has 5 nitrogen and oxygen atoms in total. The van der Waals surface area contributed by atoms with Crippen LogP contribution in [0.3, 0.4) is 0 Å². The molecule has 0 atom stereocenters. The van der Waals surface area contributed by atoms with Crippen LogP contribution in [0.1, 0.15) is 11.1 Å². The average Bonchev–Trinajstić information content (AvgIpc) is 3.07. The van der Waals surface area contributed by atoms with E-state index >= 15 is 0 Å². The average molecular weight is 450 g/mol. The largest absolute Gasteiger partial charge is 0.481 e. The third kappa shape index (κ3) is 5.28. The molecule has 1 saturated heterocycles. The molecule has 1 heterocycles. The molecule has 0 unspecified atom stereocenters. The van der Waals surface area contributed by atoms with E-state index in [0.717, 1.165) is 11.6 Å². The molecule has 160 valence electrons. The Morgan fingerprint density at radius 1 is 0.969 bits per heavy atom. The molecule has 0 aliphatic carbocycles. The molecule has 3 aromatic rings. The first-order valence-electron chi connectivity index (χ1n) is 9.52. The zero-order chi connectivity index (χ0) is 22.7. The molecule has 0 spiro atoms. The summed E-state index contributed by atoms with van der Waals surface area (Å²) in [6, 6.07) is 17.0. The number of hydrogen-bond acceptors (Lipinski definition) is 4. The van der Waals surface area contributed by atoms with Gasteiger partial charge < -0.3 is 10.4 Å². The second-order valence-corrected chi connectivity index (χ2v) is 8.03. The number of amides is 1. The molecule has 0 bridgehead atoms. The zero-order valence-electron chi connectivity index (χ0n) is 16.5. The molecular formula is C24H16F2N2O3S. The lowest BCUT2D eigenvalue weighted by atomic mass is 10.0. The van der Waals surface area contributed by atoms with Crippen LogP contribution in [-0.2, 0) is 16.0 Å². The van der Waals surface area contributed by atoms with Crippen molar-refractivity contribution in [2.45, 2.75) is 6.42 Å². The highest BCUT2D eigenvalue weighted by Gasteiger charge is 2.23. The van der Waals surface area contributed by atoms with Crippen molar-refractivity contribution in [3.63, 3.8) is 0 Å². The maximum atomic E-state index is 13.4. The first kappa shape index (κ1) is 21.5. The molecule has 1 aliphatic heterocycles. The van der Waals surface area contributed by atoms with E-state index in [0.29, 0.717) is 32.5 Å². The van der Waals surface area contributed by atoms with Crippen LogP contribution in [0.15, 0.2) is 76.6 Å². The van der Waals surface area contributed by atoms with E-state index in [1.807, 2.05) is 0 Å². The zero-order valence-corrected chi connectivity index (χ0v) is 17.3. The van der Waals surface area contributed by atoms with Crippen molar-refractivity contribution in [3.05, 3.63) is 94.4 Å². The summed E-state index contributed by atoms with van der Waals surface area (Å²) in [6.07, 6.45) is 1.64. The van der Waals surface area contributed by atoms with E-state index in [1.165, 1.54) is 23.9 Å². The molecule has 3 aromatic carbocycles. The SMILES string of the molecule is O=C(O)Cc1ccc(N=C2NC(=O)C(=Cc3ccc(-c4cc(F)cc(F)c4)cc3)S2)cc1. The number of hydrogen-bond donors (Lipinski definition) is 2. The van der Waals surface area contributed by atoms with Gasteiger partial charge in [0.05, 0.1) is 17.0 Å². The third-order valence-electron chi connectivity index (χ3n) is 4.58. The van der Waals surface area contributed by atoms with Crippen molar-refractivity contribution >= 4 is 40.6 Å². The summed E-state index contributed by atoms with van der Waals surface area (Å²) in [6.45, 7) is 0. The van der Waals surface area contributed by atoms with Crippen LogP contribution in [0.25, 0.3) is 17.2 Å². The molecule has 2 N–H and O–H groups in total. The summed E-state index contributed by atoms with van der Waals surface area (Å²) in [5.41, 5.74) is 3.09. The van der Waals surface area contributed by atoms with Crippen LogP contribution in [0.4, 0.5) is 14.5 Å². The highest BCUT2D eigenvalue weighted by Crippen LogP contribution is 2.29. The number of amidine groups is 1. The minimum atomic E-state index is -0.909. The molecule has 0 aromatic heterocycles. The second-order valence-electron chi connectivity index (χ2n) is 7.00. The van der Waals surface area contributed by atoms with Gasteiger partial charge in [-0.25, -0.2) is 13.8 Å². The molecule has 32 heavy (non-hydrogen) atoms. The maximum Gasteiger partial charge on any atom is 0.307 e. The van der Waals surface area contributed by atoms with Crippen LogP contribution >= 0.6 is 11.8 Å². The topological polar surface area (TPSA) is 78.8 Å². The normalized spacial score (nSPS) is 15.9. The lowest BCUT2D eigenvalue weighted by Crippen LogP contribution is -2.19. The summed E-state index contributed by atoms with van der Waals surface area (Å²) in [5, 5.41) is 11.9. The number of aliphatic imine (C=N–C) groups is 1. The van der Waals surface area contributed by atoms with Crippen molar-refractivity contribution < 1.29 is 23.5 Å². The van der Waals surface area contributed by atoms with Gasteiger partial charge in [0.15, 0.2) is 5.17 Å². The van der Waals surface area contributed by atoms with E-state index in [1.54, 1.807) is 54.6 Å². The highest BCUT2D eigenvalue weighted by atomic mass is 32.2. The summed E-state index contributed by atoms with van der Waals surface area (Å²) in [7, 11) is 0. The Morgan fingerprint density at radius 2 is 1.62 bits per heavy atom. The first-order chi connectivity index (χ1) is 15.4. The number of carboxylic acids is 1. The minimum Gasteiger partial charge on any atom is -0.481 e. The van der Waals surface area contributed by atoms with Crippen LogP contribution in [0.5, 0.6) is 0 Å². The summed E-state index contributed by atoms with van der Waals surface area (Å²) < 4.78 is 26.9. The van der Waals surface area contributed by atoms with Gasteiger partial charge in [-0.3, -0.25) is 9.59 Å². The van der Waals surface area contributed by atoms with Gasteiger partial charge in [0.2, 0.25) is 0 Å². The Balaban J connectivity index is 1.48. The van der Waals surface area contributed by atoms with Crippen LogP contribution in [0.2, 0.25) is 0 Å². The third-order valence-corrected chi connectivity index (χ3v) is 5.49. The Morgan fingerprint density at radius 3 is 2.25 bits per heavy atom. The summed E-state index contributed by atoms with van der Waals surface area (Å²) in [5.74, 6) is -2.48. The predicted molar refractivity (Wildman–Crippen MR) is 120 cm³/mol. The molecular weight excluding hydrogens is 434 g/mol. The minimum absolute atomic E-state index is 0.0673. The quantitative estimate of drug-likeness (QED) is 0.527. The monoisotopic (exact) mass is 450 g/mol. The molecule has 0 saturated carbocycles. The molecule has 1 aliphatic rings. The second kappa shape index (κ2) is 9.15. The number of nitrogens with zero attached hydrogens (tertiary/aromatic N) is 1. The summed E-state index contributed by atoms with van der Waals surface area (Å²) >= 11 is 1.18. The van der Waals surface area contributed by atoms with Crippen LogP contribution in [-0.4, -0.2) is 22.2 Å². The number of carbonyl (C=O) groups is 2. The van der Waals surface area contributed by atoms with E-state index in [9.17, 15) is 18.4 Å². The lowest BCUT2D eigenvalue weighted by molar-refractivity contribution is -0.136. The molecule has 1 amide bonds. The first-order valence-corrected chi connectivity index (χ1v) is 10.3. The number of nitrogens with one attached hydrogen (secondary N) is 1. The van der Waals surface area contributed by atoms with E-state index in [2.05, 4.69) is 10.3 Å². The van der Waals surface area contributed by atoms with Gasteiger partial charge in [0, 0.05) is 6.07 Å². The number of carboxylic acid groups (broad SMARTS) is 1. The lowest BCUT2D eigenvalue weighted by Gasteiger charge is -2.03. The Kier molecular flexibility index (Phi) is 6.13. The van der Waals surface area contributed by atoms with Gasteiger partial charge in [-0.2, -0.15) is 0 Å². The Labute approximate surface area is 186 Å². The number of thioether (sulfide) groups is 1. The highest BCUT2D eigenvalue weighted by molar-refractivity contribution is 8.18. The molecule has 0 radical (unpaired) electrons. The molecule has 1 fully saturated rings. The van der Waals surface area contributed by atoms with Gasteiger partial charge >= 0.3 is 5.97 Å². The van der Waals surface area contributed by atoms with Crippen molar-refractivity contribution in [1.29, 1.82) is 0 Å². The van der Waals surface area contributed by atoms with Crippen molar-refractivity contribution in [1.82, 2.24) is 5.32 Å². The van der Waals surface area contributed by atoms with Crippen molar-refractivity contribution in [3.8, 4) is 11.1 Å². The number of carbonyl (C=O) groups excluding carboxylic acids is 1. The van der Waals surface area contributed by atoms with Crippen molar-refractivity contribution in [2.24, 2.45) is 4.99 Å². The van der Waals surface area contributed by atoms with Gasteiger partial charge in [0.25, 0.3) is 5.91 Å². The number of aliphatic carboxylic acids is 1. The fourth-order valence-corrected chi connectivity index (χ4v) is 3.95. The predicted octanol–water partition coefficient (Wildman–Crippen LogP) is 5.15. The smallest absolute Gasteiger partial charge is 0.307 e. The van der Waals surface area contributed by atoms with E-state index in [4.69, 9.17) is 5.11 Å². The number of halogens is 2. The fourth-order valence-electron chi connectivity index (χ4n) is 3.10. The summed E-state index contributed by atoms with van der Waals surface area (Å²) in [4.78, 5) is 27.9. The van der Waals surface area contributed by atoms with E-state index in [-0.39, 0.29) is 12.3 Å². The van der Waals surface area contributed by atoms with E-state index < -0.39 is 17.6 Å². The molecule has 8 heteroatoms. The van der Waals surface area contributed by atoms with Crippen LogP contribution < -0.4 is 5.32 Å². The standard InChI is InChI=1S/C24H16F2N2O3S/c25-18-11-17(12-19(26)13-18)16-5-1-14(2-6-16)9-21-23(31)28-24(32-21)27-20-7-3-15(4-8-20)10-22(29)30/h1-9,11-13H,10H2,(H,29,30)(H,27,28,31). The van der Waals surface area contributed by atoms with Crippen LogP contribution in [0, 0.1) is 11.6 Å². The van der Waals surface area contributed by atoms with Gasteiger partial charge in [0.1, 0.15) is 11.6 Å². The van der Waals surface area contributed by atoms with Gasteiger partial charge in [-0.15, -0.1) is 0 Å². The Bertz CT molecular complexity index is 1230. The Hall–Kier alpha value is -3.78. The van der Waals surface area contributed by atoms with Crippen molar-refractivity contribution in [2.75, 3.05) is 0 Å². The maximum absolute atomic E-state index is 13.4. The number of benzene rings is 3. The number of rotatable bonds is 5.